The molecular weight excluding hydrogens is 224 g/mol. The van der Waals surface area contributed by atoms with Crippen LogP contribution in [0.5, 0.6) is 0 Å². The van der Waals surface area contributed by atoms with Crippen LogP contribution in [-0.4, -0.2) is 21.8 Å². The van der Waals surface area contributed by atoms with Crippen LogP contribution in [0.1, 0.15) is 5.56 Å². The second-order valence-corrected chi connectivity index (χ2v) is 2.60. The molecule has 0 atom stereocenters. The fourth-order valence-electron chi connectivity index (χ4n) is 0.714. The molecule has 1 aromatic carbocycles. The molecule has 0 aliphatic rings. The number of halogens is 1. The van der Waals surface area contributed by atoms with Crippen LogP contribution in [0.3, 0.4) is 0 Å². The highest BCUT2D eigenvalue weighted by atomic mass is 35.5. The molecule has 0 spiro atoms. The van der Waals surface area contributed by atoms with Crippen molar-refractivity contribution in [3.8, 4) is 0 Å². The summed E-state index contributed by atoms with van der Waals surface area (Å²) in [5, 5.41) is 13.9. The third-order valence-electron chi connectivity index (χ3n) is 1.20. The summed E-state index contributed by atoms with van der Waals surface area (Å²) in [6, 6.07) is 9.36. The maximum Gasteiger partial charge on any atom is 0.503 e. The summed E-state index contributed by atoms with van der Waals surface area (Å²) in [6.07, 6.45) is -1.83. The molecule has 0 unspecified atom stereocenters. The van der Waals surface area contributed by atoms with Gasteiger partial charge in [0.05, 0.1) is 0 Å². The van der Waals surface area contributed by atoms with E-state index in [4.69, 9.17) is 26.6 Å². The highest BCUT2D eigenvalue weighted by Gasteiger charge is 1.95. The van der Waals surface area contributed by atoms with Gasteiger partial charge in [0.15, 0.2) is 0 Å². The Morgan fingerprint density at radius 3 is 2.07 bits per heavy atom. The standard InChI is InChI=1S/C8H7ClO2.CH2O3/c9-8(10)11-6-7-4-2-1-3-5-7;2-1(3)4/h1-5H,6H2;(H2,2,3,4). The quantitative estimate of drug-likeness (QED) is 0.766. The molecule has 0 saturated heterocycles. The van der Waals surface area contributed by atoms with E-state index in [9.17, 15) is 4.79 Å². The van der Waals surface area contributed by atoms with E-state index in [1.54, 1.807) is 0 Å². The number of rotatable bonds is 2. The van der Waals surface area contributed by atoms with Gasteiger partial charge in [0.25, 0.3) is 0 Å². The van der Waals surface area contributed by atoms with Crippen molar-refractivity contribution in [2.24, 2.45) is 0 Å². The molecule has 0 aliphatic heterocycles. The van der Waals surface area contributed by atoms with Gasteiger partial charge in [0.1, 0.15) is 6.61 Å². The van der Waals surface area contributed by atoms with Crippen LogP contribution in [0.15, 0.2) is 30.3 Å². The first-order valence-corrected chi connectivity index (χ1v) is 4.18. The molecule has 1 rings (SSSR count). The van der Waals surface area contributed by atoms with Crippen molar-refractivity contribution in [2.45, 2.75) is 6.61 Å². The zero-order valence-corrected chi connectivity index (χ0v) is 8.35. The van der Waals surface area contributed by atoms with Crippen LogP contribution in [-0.2, 0) is 11.3 Å². The fourth-order valence-corrected chi connectivity index (χ4v) is 0.769. The Morgan fingerprint density at radius 1 is 1.20 bits per heavy atom. The summed E-state index contributed by atoms with van der Waals surface area (Å²) < 4.78 is 4.55. The first kappa shape index (κ1) is 13.2. The summed E-state index contributed by atoms with van der Waals surface area (Å²) in [4.78, 5) is 18.7. The Hall–Kier alpha value is -1.75. The lowest BCUT2D eigenvalue weighted by Gasteiger charge is -1.98. The van der Waals surface area contributed by atoms with Crippen molar-refractivity contribution in [2.75, 3.05) is 0 Å². The van der Waals surface area contributed by atoms with E-state index in [0.29, 0.717) is 0 Å². The van der Waals surface area contributed by atoms with Gasteiger partial charge in [0, 0.05) is 11.6 Å². The van der Waals surface area contributed by atoms with Gasteiger partial charge >= 0.3 is 11.6 Å². The van der Waals surface area contributed by atoms with Crippen molar-refractivity contribution in [1.82, 2.24) is 0 Å². The van der Waals surface area contributed by atoms with Gasteiger partial charge in [-0.2, -0.15) is 0 Å². The van der Waals surface area contributed by atoms with Gasteiger partial charge in [-0.25, -0.2) is 9.59 Å². The molecule has 0 radical (unpaired) electrons. The molecule has 15 heavy (non-hydrogen) atoms. The van der Waals surface area contributed by atoms with Crippen molar-refractivity contribution in [3.63, 3.8) is 0 Å². The number of carboxylic acid groups (broad SMARTS) is 2. The minimum absolute atomic E-state index is 0.239. The van der Waals surface area contributed by atoms with Crippen molar-refractivity contribution >= 4 is 23.2 Å². The minimum Gasteiger partial charge on any atom is -0.450 e. The molecule has 2 N–H and O–H groups in total. The molecule has 0 saturated carbocycles. The predicted molar refractivity (Wildman–Crippen MR) is 53.1 cm³/mol. The maximum absolute atomic E-state index is 10.2. The van der Waals surface area contributed by atoms with Gasteiger partial charge in [-0.3, -0.25) is 0 Å². The van der Waals surface area contributed by atoms with Crippen LogP contribution in [0.4, 0.5) is 9.59 Å². The maximum atomic E-state index is 10.2. The van der Waals surface area contributed by atoms with Gasteiger partial charge < -0.3 is 14.9 Å². The van der Waals surface area contributed by atoms with Crippen LogP contribution in [0.25, 0.3) is 0 Å². The average Bonchev–Trinajstić information content (AvgIpc) is 2.15. The molecule has 1 aromatic rings. The van der Waals surface area contributed by atoms with Crippen molar-refractivity contribution in [1.29, 1.82) is 0 Å². The largest absolute Gasteiger partial charge is 0.503 e. The Morgan fingerprint density at radius 2 is 1.67 bits per heavy atom. The van der Waals surface area contributed by atoms with Gasteiger partial charge in [-0.05, 0) is 5.56 Å². The smallest absolute Gasteiger partial charge is 0.450 e. The van der Waals surface area contributed by atoms with Crippen LogP contribution >= 0.6 is 11.6 Å². The highest BCUT2D eigenvalue weighted by Crippen LogP contribution is 2.01. The zero-order chi connectivity index (χ0) is 11.7. The first-order chi connectivity index (χ1) is 7.02. The zero-order valence-electron chi connectivity index (χ0n) is 7.59. The van der Waals surface area contributed by atoms with Crippen LogP contribution < -0.4 is 0 Å². The lowest BCUT2D eigenvalue weighted by Crippen LogP contribution is -1.93. The van der Waals surface area contributed by atoms with Gasteiger partial charge in [-0.1, -0.05) is 30.3 Å². The Kier molecular flexibility index (Phi) is 6.74. The molecule has 0 bridgehead atoms. The van der Waals surface area contributed by atoms with E-state index in [1.165, 1.54) is 0 Å². The molecular formula is C9H9ClO5. The molecule has 0 fully saturated rings. The van der Waals surface area contributed by atoms with E-state index in [-0.39, 0.29) is 6.61 Å². The molecule has 6 heteroatoms. The highest BCUT2D eigenvalue weighted by molar-refractivity contribution is 6.61. The molecule has 5 nitrogen and oxygen atoms in total. The molecule has 0 heterocycles. The molecule has 0 aliphatic carbocycles. The summed E-state index contributed by atoms with van der Waals surface area (Å²) in [6.45, 7) is 0.239. The second kappa shape index (κ2) is 7.64. The second-order valence-electron chi connectivity index (χ2n) is 2.29. The summed E-state index contributed by atoms with van der Waals surface area (Å²) in [7, 11) is 0. The molecule has 0 amide bonds. The van der Waals surface area contributed by atoms with E-state index in [2.05, 4.69) is 4.74 Å². The number of hydrogen-bond acceptors (Lipinski definition) is 3. The predicted octanol–water partition coefficient (Wildman–Crippen LogP) is 2.78. The van der Waals surface area contributed by atoms with E-state index >= 15 is 0 Å². The van der Waals surface area contributed by atoms with E-state index in [0.717, 1.165) is 5.56 Å². The lowest BCUT2D eigenvalue weighted by atomic mass is 10.2. The monoisotopic (exact) mass is 232 g/mol. The van der Waals surface area contributed by atoms with Gasteiger partial charge in [0.2, 0.25) is 0 Å². The topological polar surface area (TPSA) is 83.8 Å². The Bertz CT molecular complexity index is 308. The molecule has 0 aromatic heterocycles. The van der Waals surface area contributed by atoms with E-state index < -0.39 is 11.6 Å². The minimum atomic E-state index is -1.83. The number of benzene rings is 1. The third-order valence-corrected chi connectivity index (χ3v) is 1.30. The number of ether oxygens (including phenoxy) is 1. The van der Waals surface area contributed by atoms with Crippen molar-refractivity contribution < 1.29 is 24.5 Å². The fraction of sp³-hybridized carbons (Fsp3) is 0.111. The first-order valence-electron chi connectivity index (χ1n) is 3.80. The summed E-state index contributed by atoms with van der Waals surface area (Å²) >= 11 is 4.97. The molecule has 82 valence electrons. The SMILES string of the molecule is O=C(Cl)OCc1ccccc1.O=C(O)O. The third kappa shape index (κ3) is 10.2. The summed E-state index contributed by atoms with van der Waals surface area (Å²) in [5.74, 6) is 0. The van der Waals surface area contributed by atoms with Crippen LogP contribution in [0.2, 0.25) is 0 Å². The Labute approximate surface area is 90.9 Å². The normalized spacial score (nSPS) is 8.33. The van der Waals surface area contributed by atoms with Crippen molar-refractivity contribution in [3.05, 3.63) is 35.9 Å². The van der Waals surface area contributed by atoms with Crippen LogP contribution in [0, 0.1) is 0 Å². The Balaban J connectivity index is 0.000000423. The van der Waals surface area contributed by atoms with E-state index in [1.807, 2.05) is 30.3 Å². The summed E-state index contributed by atoms with van der Waals surface area (Å²) in [5.41, 5.74) is 0.162. The number of carbonyl (C=O) groups excluding carboxylic acids is 1. The van der Waals surface area contributed by atoms with Gasteiger partial charge in [-0.15, -0.1) is 0 Å². The number of hydrogen-bond donors (Lipinski definition) is 2. The average molecular weight is 233 g/mol. The number of carbonyl (C=O) groups is 2. The lowest BCUT2D eigenvalue weighted by molar-refractivity contribution is 0.137.